The molecule has 2 aromatic rings. The van der Waals surface area contributed by atoms with E-state index in [1.807, 2.05) is 0 Å². The highest BCUT2D eigenvalue weighted by Gasteiger charge is 2.41. The molecule has 26 heavy (non-hydrogen) atoms. The minimum atomic E-state index is 0.497. The van der Waals surface area contributed by atoms with Gasteiger partial charge in [0.2, 0.25) is 0 Å². The molecular weight excluding hydrogens is 322 g/mol. The van der Waals surface area contributed by atoms with Crippen molar-refractivity contribution in [1.29, 1.82) is 0 Å². The summed E-state index contributed by atoms with van der Waals surface area (Å²) in [6.07, 6.45) is 6.79. The van der Waals surface area contributed by atoms with E-state index in [1.54, 1.807) is 0 Å². The molecule has 0 saturated carbocycles. The standard InChI is InChI=1S/C22H33N3O/c1-4-11-26-20-12-18-9-10-19(13-20)24(18)14-16(2)15-25-22-8-6-5-7-21(22)17(3)23-25/h5-8,16,18-20H,4,9-15H2,1-3H3. The number of ether oxygens (including phenoxy) is 1. The van der Waals surface area contributed by atoms with Crippen LogP contribution in [0.1, 0.15) is 51.6 Å². The van der Waals surface area contributed by atoms with Gasteiger partial charge in [-0.2, -0.15) is 5.10 Å². The molecule has 2 aliphatic heterocycles. The summed E-state index contributed by atoms with van der Waals surface area (Å²) in [6, 6.07) is 10.1. The van der Waals surface area contributed by atoms with E-state index in [9.17, 15) is 0 Å². The molecule has 3 unspecified atom stereocenters. The molecule has 2 saturated heterocycles. The molecule has 0 amide bonds. The van der Waals surface area contributed by atoms with Gasteiger partial charge in [-0.15, -0.1) is 0 Å². The van der Waals surface area contributed by atoms with Crippen molar-refractivity contribution in [2.75, 3.05) is 13.2 Å². The normalized spacial score (nSPS) is 27.3. The van der Waals surface area contributed by atoms with Gasteiger partial charge in [0.25, 0.3) is 0 Å². The van der Waals surface area contributed by atoms with Gasteiger partial charge in [-0.1, -0.05) is 32.0 Å². The van der Waals surface area contributed by atoms with Gasteiger partial charge in [0.1, 0.15) is 0 Å². The monoisotopic (exact) mass is 355 g/mol. The summed E-state index contributed by atoms with van der Waals surface area (Å²) < 4.78 is 8.29. The molecule has 0 aliphatic carbocycles. The Kier molecular flexibility index (Phi) is 5.32. The second kappa shape index (κ2) is 7.69. The quantitative estimate of drug-likeness (QED) is 0.737. The Bertz CT molecular complexity index is 726. The van der Waals surface area contributed by atoms with Crippen molar-refractivity contribution in [1.82, 2.24) is 14.7 Å². The zero-order valence-corrected chi connectivity index (χ0v) is 16.5. The Morgan fingerprint density at radius 3 is 2.62 bits per heavy atom. The van der Waals surface area contributed by atoms with Crippen molar-refractivity contribution >= 4 is 10.9 Å². The summed E-state index contributed by atoms with van der Waals surface area (Å²) in [5, 5.41) is 6.09. The summed E-state index contributed by atoms with van der Waals surface area (Å²) in [4.78, 5) is 2.79. The summed E-state index contributed by atoms with van der Waals surface area (Å²) in [6.45, 7) is 9.80. The van der Waals surface area contributed by atoms with E-state index in [-0.39, 0.29) is 0 Å². The molecule has 0 spiro atoms. The van der Waals surface area contributed by atoms with Gasteiger partial charge >= 0.3 is 0 Å². The lowest BCUT2D eigenvalue weighted by atomic mass is 9.98. The smallest absolute Gasteiger partial charge is 0.0685 e. The van der Waals surface area contributed by atoms with E-state index >= 15 is 0 Å². The second-order valence-corrected chi connectivity index (χ2v) is 8.44. The van der Waals surface area contributed by atoms with Crippen LogP contribution in [0.2, 0.25) is 0 Å². The van der Waals surface area contributed by atoms with E-state index in [2.05, 4.69) is 54.6 Å². The minimum absolute atomic E-state index is 0.497. The van der Waals surface area contributed by atoms with Gasteiger partial charge in [0.05, 0.1) is 17.3 Å². The molecule has 142 valence electrons. The van der Waals surface area contributed by atoms with Gasteiger partial charge in [0, 0.05) is 37.2 Å². The van der Waals surface area contributed by atoms with E-state index in [1.165, 1.54) is 43.1 Å². The third-order valence-electron chi connectivity index (χ3n) is 6.25. The van der Waals surface area contributed by atoms with Crippen LogP contribution in [0, 0.1) is 12.8 Å². The molecule has 4 nitrogen and oxygen atoms in total. The number of benzene rings is 1. The lowest BCUT2D eigenvalue weighted by Gasteiger charge is -2.40. The van der Waals surface area contributed by atoms with E-state index < -0.39 is 0 Å². The SMILES string of the molecule is CCCOC1CC2CCC(C1)N2CC(C)Cn1nc(C)c2ccccc21. The predicted octanol–water partition coefficient (Wildman–Crippen LogP) is 4.40. The van der Waals surface area contributed by atoms with E-state index in [0.29, 0.717) is 12.0 Å². The van der Waals surface area contributed by atoms with Crippen LogP contribution in [0.25, 0.3) is 10.9 Å². The molecule has 3 heterocycles. The number of hydrogen-bond donors (Lipinski definition) is 0. The van der Waals surface area contributed by atoms with Crippen LogP contribution < -0.4 is 0 Å². The predicted molar refractivity (Wildman–Crippen MR) is 106 cm³/mol. The fourth-order valence-corrected chi connectivity index (χ4v) is 5.09. The molecule has 2 aliphatic rings. The number of nitrogens with zero attached hydrogens (tertiary/aromatic N) is 3. The van der Waals surface area contributed by atoms with Crippen LogP contribution in [-0.2, 0) is 11.3 Å². The molecule has 2 bridgehead atoms. The van der Waals surface area contributed by atoms with E-state index in [4.69, 9.17) is 9.84 Å². The third-order valence-corrected chi connectivity index (χ3v) is 6.25. The van der Waals surface area contributed by atoms with Gasteiger partial charge in [-0.05, 0) is 51.0 Å². The Morgan fingerprint density at radius 2 is 1.88 bits per heavy atom. The van der Waals surface area contributed by atoms with Crippen LogP contribution in [0.4, 0.5) is 0 Å². The maximum absolute atomic E-state index is 6.07. The lowest BCUT2D eigenvalue weighted by molar-refractivity contribution is -0.0237. The van der Waals surface area contributed by atoms with Crippen molar-refractivity contribution in [2.45, 2.75) is 77.6 Å². The number of piperidine rings is 1. The molecule has 4 rings (SSSR count). The Morgan fingerprint density at radius 1 is 1.15 bits per heavy atom. The molecule has 0 N–H and O–H groups in total. The highest BCUT2D eigenvalue weighted by Crippen LogP contribution is 2.37. The maximum Gasteiger partial charge on any atom is 0.0685 e. The number of aromatic nitrogens is 2. The van der Waals surface area contributed by atoms with Crippen molar-refractivity contribution in [3.63, 3.8) is 0 Å². The Hall–Kier alpha value is -1.39. The molecule has 0 radical (unpaired) electrons. The van der Waals surface area contributed by atoms with Crippen molar-refractivity contribution in [3.8, 4) is 0 Å². The molecule has 1 aromatic heterocycles. The van der Waals surface area contributed by atoms with Crippen LogP contribution in [0.15, 0.2) is 24.3 Å². The number of aryl methyl sites for hydroxylation is 1. The average molecular weight is 356 g/mol. The first kappa shape index (κ1) is 18.0. The fourth-order valence-electron chi connectivity index (χ4n) is 5.09. The average Bonchev–Trinajstić information content (AvgIpc) is 3.06. The topological polar surface area (TPSA) is 30.3 Å². The second-order valence-electron chi connectivity index (χ2n) is 8.44. The first-order valence-corrected chi connectivity index (χ1v) is 10.4. The molecule has 4 heteroatoms. The van der Waals surface area contributed by atoms with Crippen LogP contribution in [0.5, 0.6) is 0 Å². The van der Waals surface area contributed by atoms with Crippen molar-refractivity contribution in [3.05, 3.63) is 30.0 Å². The zero-order valence-electron chi connectivity index (χ0n) is 16.5. The summed E-state index contributed by atoms with van der Waals surface area (Å²) in [7, 11) is 0. The van der Waals surface area contributed by atoms with E-state index in [0.717, 1.165) is 37.4 Å². The summed E-state index contributed by atoms with van der Waals surface area (Å²) in [5.74, 6) is 0.605. The molecule has 1 aromatic carbocycles. The first-order valence-electron chi connectivity index (χ1n) is 10.4. The Labute approximate surface area is 157 Å². The number of hydrogen-bond acceptors (Lipinski definition) is 3. The zero-order chi connectivity index (χ0) is 18.1. The van der Waals surface area contributed by atoms with Gasteiger partial charge in [-0.3, -0.25) is 9.58 Å². The first-order chi connectivity index (χ1) is 12.7. The van der Waals surface area contributed by atoms with Crippen LogP contribution in [-0.4, -0.2) is 46.0 Å². The van der Waals surface area contributed by atoms with Gasteiger partial charge in [-0.25, -0.2) is 0 Å². The largest absolute Gasteiger partial charge is 0.378 e. The molecule has 2 fully saturated rings. The summed E-state index contributed by atoms with van der Waals surface area (Å²) in [5.41, 5.74) is 2.41. The summed E-state index contributed by atoms with van der Waals surface area (Å²) >= 11 is 0. The van der Waals surface area contributed by atoms with Crippen LogP contribution >= 0.6 is 0 Å². The van der Waals surface area contributed by atoms with Crippen LogP contribution in [0.3, 0.4) is 0 Å². The highest BCUT2D eigenvalue weighted by molar-refractivity contribution is 5.81. The van der Waals surface area contributed by atoms with Gasteiger partial charge < -0.3 is 4.74 Å². The fraction of sp³-hybridized carbons (Fsp3) is 0.682. The molecular formula is C22H33N3O. The number of rotatable bonds is 7. The molecule has 3 atom stereocenters. The highest BCUT2D eigenvalue weighted by atomic mass is 16.5. The number of fused-ring (bicyclic) bond motifs is 3. The maximum atomic E-state index is 6.07. The van der Waals surface area contributed by atoms with Crippen molar-refractivity contribution in [2.24, 2.45) is 5.92 Å². The van der Waals surface area contributed by atoms with Gasteiger partial charge in [0.15, 0.2) is 0 Å². The lowest BCUT2D eigenvalue weighted by Crippen LogP contribution is -2.47. The minimum Gasteiger partial charge on any atom is -0.378 e. The third kappa shape index (κ3) is 3.54. The Balaban J connectivity index is 1.39. The number of para-hydroxylation sites is 1. The van der Waals surface area contributed by atoms with Crippen molar-refractivity contribution < 1.29 is 4.74 Å².